The van der Waals surface area contributed by atoms with Gasteiger partial charge in [-0.25, -0.2) is 4.79 Å². The molecule has 0 aliphatic heterocycles. The molecule has 2 rings (SSSR count). The van der Waals surface area contributed by atoms with Crippen molar-refractivity contribution in [3.05, 3.63) is 57.8 Å². The van der Waals surface area contributed by atoms with Gasteiger partial charge < -0.3 is 10.4 Å². The van der Waals surface area contributed by atoms with Crippen LogP contribution < -0.4 is 5.32 Å². The average molecular weight is 346 g/mol. The fraction of sp³-hybridized carbons (Fsp3) is 0. The van der Waals surface area contributed by atoms with E-state index in [2.05, 4.69) is 26.2 Å². The molecule has 1 aromatic heterocycles. The van der Waals surface area contributed by atoms with Crippen molar-refractivity contribution in [2.24, 2.45) is 0 Å². The van der Waals surface area contributed by atoms with Crippen molar-refractivity contribution in [3.63, 3.8) is 0 Å². The molecular formula is C14H8BrN3O3. The Kier molecular flexibility index (Phi) is 4.30. The van der Waals surface area contributed by atoms with Crippen molar-refractivity contribution in [3.8, 4) is 6.07 Å². The standard InChI is InChI=1S/C14H8BrN3O3/c15-10-4-9(6-17-7-10)13(19)18-12-2-1-8(5-16)3-11(12)14(20)21/h1-4,6-7H,(H,18,19)(H,20,21). The first-order chi connectivity index (χ1) is 10.0. The fourth-order valence-corrected chi connectivity index (χ4v) is 2.00. The maximum absolute atomic E-state index is 12.1. The Morgan fingerprint density at radius 2 is 2.05 bits per heavy atom. The number of rotatable bonds is 3. The van der Waals surface area contributed by atoms with E-state index in [-0.39, 0.29) is 22.4 Å². The summed E-state index contributed by atoms with van der Waals surface area (Å²) < 4.78 is 0.633. The quantitative estimate of drug-likeness (QED) is 0.889. The van der Waals surface area contributed by atoms with E-state index in [1.165, 1.54) is 30.6 Å². The van der Waals surface area contributed by atoms with Gasteiger partial charge in [-0.05, 0) is 40.2 Å². The minimum absolute atomic E-state index is 0.117. The zero-order valence-electron chi connectivity index (χ0n) is 10.5. The van der Waals surface area contributed by atoms with Gasteiger partial charge in [-0.2, -0.15) is 5.26 Å². The predicted molar refractivity (Wildman–Crippen MR) is 78.0 cm³/mol. The Morgan fingerprint density at radius 3 is 2.67 bits per heavy atom. The molecular weight excluding hydrogens is 338 g/mol. The second kappa shape index (κ2) is 6.15. The first-order valence-corrected chi connectivity index (χ1v) is 6.50. The van der Waals surface area contributed by atoms with E-state index in [4.69, 9.17) is 10.4 Å². The first kappa shape index (κ1) is 14.7. The summed E-state index contributed by atoms with van der Waals surface area (Å²) in [5.41, 5.74) is 0.455. The topological polar surface area (TPSA) is 103 Å². The molecule has 0 unspecified atom stereocenters. The minimum Gasteiger partial charge on any atom is -0.478 e. The van der Waals surface area contributed by atoms with Gasteiger partial charge in [0.15, 0.2) is 0 Å². The lowest BCUT2D eigenvalue weighted by molar-refractivity contribution is 0.0698. The number of aromatic carboxylic acids is 1. The molecule has 0 fully saturated rings. The van der Waals surface area contributed by atoms with Gasteiger partial charge in [-0.15, -0.1) is 0 Å². The maximum Gasteiger partial charge on any atom is 0.337 e. The number of aromatic nitrogens is 1. The number of carboxylic acids is 1. The molecule has 0 saturated heterocycles. The van der Waals surface area contributed by atoms with Crippen LogP contribution in [-0.4, -0.2) is 22.0 Å². The second-order valence-corrected chi connectivity index (χ2v) is 4.94. The Hall–Kier alpha value is -2.72. The van der Waals surface area contributed by atoms with E-state index in [9.17, 15) is 9.59 Å². The van der Waals surface area contributed by atoms with Crippen LogP contribution in [0.5, 0.6) is 0 Å². The molecule has 0 aliphatic rings. The van der Waals surface area contributed by atoms with E-state index < -0.39 is 11.9 Å². The summed E-state index contributed by atoms with van der Waals surface area (Å²) in [5.74, 6) is -1.72. The van der Waals surface area contributed by atoms with Crippen molar-refractivity contribution >= 4 is 33.5 Å². The molecule has 7 heteroatoms. The van der Waals surface area contributed by atoms with Crippen LogP contribution >= 0.6 is 15.9 Å². The maximum atomic E-state index is 12.1. The number of nitriles is 1. The van der Waals surface area contributed by atoms with Crippen LogP contribution in [0, 0.1) is 11.3 Å². The van der Waals surface area contributed by atoms with E-state index in [0.29, 0.717) is 4.47 Å². The number of amides is 1. The van der Waals surface area contributed by atoms with Gasteiger partial charge in [-0.3, -0.25) is 9.78 Å². The highest BCUT2D eigenvalue weighted by atomic mass is 79.9. The normalized spacial score (nSPS) is 9.71. The molecule has 1 amide bonds. The van der Waals surface area contributed by atoms with Crippen LogP contribution in [0.2, 0.25) is 0 Å². The molecule has 1 heterocycles. The molecule has 6 nitrogen and oxygen atoms in total. The average Bonchev–Trinajstić information content (AvgIpc) is 2.47. The van der Waals surface area contributed by atoms with Gasteiger partial charge in [0.25, 0.3) is 5.91 Å². The minimum atomic E-state index is -1.23. The summed E-state index contributed by atoms with van der Waals surface area (Å²) >= 11 is 3.20. The number of anilines is 1. The summed E-state index contributed by atoms with van der Waals surface area (Å²) in [5, 5.41) is 20.4. The molecule has 1 aromatic carbocycles. The molecule has 0 bridgehead atoms. The summed E-state index contributed by atoms with van der Waals surface area (Å²) in [6.07, 6.45) is 2.89. The number of carboxylic acid groups (broad SMARTS) is 1. The highest BCUT2D eigenvalue weighted by Crippen LogP contribution is 2.19. The van der Waals surface area contributed by atoms with E-state index in [1.807, 2.05) is 6.07 Å². The molecule has 0 spiro atoms. The number of nitrogens with zero attached hydrogens (tertiary/aromatic N) is 2. The molecule has 0 radical (unpaired) electrons. The molecule has 0 saturated carbocycles. The van der Waals surface area contributed by atoms with Crippen LogP contribution in [0.3, 0.4) is 0 Å². The van der Waals surface area contributed by atoms with Crippen molar-refractivity contribution in [1.82, 2.24) is 4.98 Å². The molecule has 104 valence electrons. The number of benzene rings is 1. The summed E-state index contributed by atoms with van der Waals surface area (Å²) in [7, 11) is 0. The van der Waals surface area contributed by atoms with Crippen LogP contribution in [0.25, 0.3) is 0 Å². The Bertz CT molecular complexity index is 768. The van der Waals surface area contributed by atoms with Crippen LogP contribution in [0.15, 0.2) is 41.1 Å². The highest BCUT2D eigenvalue weighted by Gasteiger charge is 2.14. The largest absolute Gasteiger partial charge is 0.478 e. The van der Waals surface area contributed by atoms with Crippen molar-refractivity contribution in [1.29, 1.82) is 5.26 Å². The lowest BCUT2D eigenvalue weighted by Gasteiger charge is -2.08. The smallest absolute Gasteiger partial charge is 0.337 e. The van der Waals surface area contributed by atoms with Gasteiger partial charge in [0.2, 0.25) is 0 Å². The van der Waals surface area contributed by atoms with Crippen LogP contribution in [-0.2, 0) is 0 Å². The van der Waals surface area contributed by atoms with Crippen LogP contribution in [0.4, 0.5) is 5.69 Å². The second-order valence-electron chi connectivity index (χ2n) is 4.02. The van der Waals surface area contributed by atoms with Gasteiger partial charge in [0, 0.05) is 16.9 Å². The molecule has 0 aliphatic carbocycles. The monoisotopic (exact) mass is 345 g/mol. The molecule has 2 N–H and O–H groups in total. The van der Waals surface area contributed by atoms with Crippen molar-refractivity contribution in [2.75, 3.05) is 5.32 Å². The summed E-state index contributed by atoms with van der Waals surface area (Å²) in [4.78, 5) is 27.1. The Labute approximate surface area is 128 Å². The van der Waals surface area contributed by atoms with Gasteiger partial charge in [0.1, 0.15) is 0 Å². The third-order valence-corrected chi connectivity index (χ3v) is 3.03. The summed E-state index contributed by atoms with van der Waals surface area (Å²) in [6.45, 7) is 0. The van der Waals surface area contributed by atoms with Crippen molar-refractivity contribution < 1.29 is 14.7 Å². The number of hydrogen-bond donors (Lipinski definition) is 2. The molecule has 2 aromatic rings. The van der Waals surface area contributed by atoms with E-state index >= 15 is 0 Å². The number of halogens is 1. The zero-order valence-corrected chi connectivity index (χ0v) is 12.1. The van der Waals surface area contributed by atoms with E-state index in [1.54, 1.807) is 6.07 Å². The third-order valence-electron chi connectivity index (χ3n) is 2.59. The number of hydrogen-bond acceptors (Lipinski definition) is 4. The summed E-state index contributed by atoms with van der Waals surface area (Å²) in [6, 6.07) is 7.43. The van der Waals surface area contributed by atoms with Crippen LogP contribution in [0.1, 0.15) is 26.3 Å². The molecule has 21 heavy (non-hydrogen) atoms. The first-order valence-electron chi connectivity index (χ1n) is 5.70. The third kappa shape index (κ3) is 3.43. The number of nitrogens with one attached hydrogen (secondary N) is 1. The number of pyridine rings is 1. The SMILES string of the molecule is N#Cc1ccc(NC(=O)c2cncc(Br)c2)c(C(=O)O)c1. The highest BCUT2D eigenvalue weighted by molar-refractivity contribution is 9.10. The number of carbonyl (C=O) groups is 2. The Morgan fingerprint density at radius 1 is 1.29 bits per heavy atom. The van der Waals surface area contributed by atoms with Gasteiger partial charge in [-0.1, -0.05) is 0 Å². The molecule has 0 atom stereocenters. The number of carbonyl (C=O) groups excluding carboxylic acids is 1. The van der Waals surface area contributed by atoms with E-state index in [0.717, 1.165) is 0 Å². The Balaban J connectivity index is 2.33. The fourth-order valence-electron chi connectivity index (χ4n) is 1.63. The van der Waals surface area contributed by atoms with Gasteiger partial charge in [0.05, 0.1) is 28.4 Å². The van der Waals surface area contributed by atoms with Gasteiger partial charge >= 0.3 is 5.97 Å². The lowest BCUT2D eigenvalue weighted by atomic mass is 10.1. The lowest BCUT2D eigenvalue weighted by Crippen LogP contribution is -2.15. The predicted octanol–water partition coefficient (Wildman–Crippen LogP) is 2.67. The van der Waals surface area contributed by atoms with Crippen molar-refractivity contribution in [2.45, 2.75) is 0 Å². The zero-order chi connectivity index (χ0) is 15.4.